The highest BCUT2D eigenvalue weighted by Gasteiger charge is 2.13. The summed E-state index contributed by atoms with van der Waals surface area (Å²) in [5.41, 5.74) is 1.44. The van der Waals surface area contributed by atoms with Gasteiger partial charge in [0.1, 0.15) is 5.82 Å². The zero-order valence-corrected chi connectivity index (χ0v) is 12.3. The molecule has 0 saturated carbocycles. The molecule has 0 unspecified atom stereocenters. The van der Waals surface area contributed by atoms with Gasteiger partial charge in [-0.3, -0.25) is 14.9 Å². The van der Waals surface area contributed by atoms with Crippen molar-refractivity contribution in [2.45, 2.75) is 13.3 Å². The maximum Gasteiger partial charge on any atom is 0.311 e. The van der Waals surface area contributed by atoms with E-state index in [2.05, 4.69) is 15.0 Å². The van der Waals surface area contributed by atoms with Gasteiger partial charge < -0.3 is 4.74 Å². The minimum Gasteiger partial charge on any atom is -0.469 e. The number of carbonyl (C=O) groups is 2. The van der Waals surface area contributed by atoms with E-state index in [9.17, 15) is 14.0 Å². The molecule has 0 fully saturated rings. The number of amides is 1. The second-order valence-electron chi connectivity index (χ2n) is 4.31. The molecule has 0 spiro atoms. The fourth-order valence-corrected chi connectivity index (χ4v) is 2.42. The Morgan fingerprint density at radius 2 is 2.19 bits per heavy atom. The summed E-state index contributed by atoms with van der Waals surface area (Å²) < 4.78 is 17.6. The van der Waals surface area contributed by atoms with Crippen LogP contribution in [-0.2, 0) is 16.0 Å². The first kappa shape index (κ1) is 15.1. The number of ether oxygens (including phenoxy) is 1. The van der Waals surface area contributed by atoms with Crippen LogP contribution >= 0.6 is 11.3 Å². The van der Waals surface area contributed by atoms with Crippen LogP contribution in [-0.4, -0.2) is 24.0 Å². The number of benzene rings is 1. The summed E-state index contributed by atoms with van der Waals surface area (Å²) >= 11 is 1.21. The van der Waals surface area contributed by atoms with Crippen molar-refractivity contribution in [3.05, 3.63) is 46.2 Å². The molecule has 110 valence electrons. The Kier molecular flexibility index (Phi) is 4.64. The van der Waals surface area contributed by atoms with Crippen molar-refractivity contribution < 1.29 is 18.7 Å². The molecule has 0 bridgehead atoms. The van der Waals surface area contributed by atoms with Crippen LogP contribution in [0.15, 0.2) is 23.6 Å². The number of anilines is 1. The number of aryl methyl sites for hydroxylation is 1. The van der Waals surface area contributed by atoms with Crippen LogP contribution in [0.2, 0.25) is 0 Å². The van der Waals surface area contributed by atoms with Crippen molar-refractivity contribution >= 4 is 28.3 Å². The maximum atomic E-state index is 13.0. The second kappa shape index (κ2) is 6.45. The van der Waals surface area contributed by atoms with E-state index in [0.717, 1.165) is 0 Å². The van der Waals surface area contributed by atoms with Crippen LogP contribution < -0.4 is 5.32 Å². The van der Waals surface area contributed by atoms with E-state index in [-0.39, 0.29) is 12.3 Å². The highest BCUT2D eigenvalue weighted by atomic mass is 32.1. The van der Waals surface area contributed by atoms with Crippen molar-refractivity contribution in [2.24, 2.45) is 0 Å². The lowest BCUT2D eigenvalue weighted by atomic mass is 10.1. The Balaban J connectivity index is 2.07. The number of esters is 1. The van der Waals surface area contributed by atoms with Gasteiger partial charge >= 0.3 is 5.97 Å². The molecule has 2 rings (SSSR count). The third-order valence-corrected chi connectivity index (χ3v) is 3.56. The highest BCUT2D eigenvalue weighted by molar-refractivity contribution is 7.14. The molecule has 1 N–H and O–H groups in total. The van der Waals surface area contributed by atoms with Crippen molar-refractivity contribution in [1.82, 2.24) is 4.98 Å². The van der Waals surface area contributed by atoms with Gasteiger partial charge in [0, 0.05) is 10.9 Å². The molecular formula is C14H13FN2O3S. The van der Waals surface area contributed by atoms with Gasteiger partial charge in [-0.15, -0.1) is 11.3 Å². The Morgan fingerprint density at radius 1 is 1.43 bits per heavy atom. The fourth-order valence-electron chi connectivity index (χ4n) is 1.71. The summed E-state index contributed by atoms with van der Waals surface area (Å²) in [4.78, 5) is 27.3. The number of carbonyl (C=O) groups excluding carboxylic acids is 2. The Morgan fingerprint density at radius 3 is 2.86 bits per heavy atom. The van der Waals surface area contributed by atoms with Crippen LogP contribution in [0.5, 0.6) is 0 Å². The molecule has 0 aliphatic heterocycles. The van der Waals surface area contributed by atoms with E-state index in [0.29, 0.717) is 22.0 Å². The third-order valence-electron chi connectivity index (χ3n) is 2.76. The standard InChI is InChI=1S/C14H13FN2O3S/c1-8-5-9(15)3-4-11(8)13(19)17-14-16-10(7-21-14)6-12(18)20-2/h3-5,7H,6H2,1-2H3,(H,16,17,19). The van der Waals surface area contributed by atoms with Gasteiger partial charge in [0.2, 0.25) is 0 Å². The summed E-state index contributed by atoms with van der Waals surface area (Å²) in [6.45, 7) is 1.66. The number of thiazole rings is 1. The first-order valence-electron chi connectivity index (χ1n) is 6.08. The highest BCUT2D eigenvalue weighted by Crippen LogP contribution is 2.18. The predicted octanol–water partition coefficient (Wildman–Crippen LogP) is 2.56. The van der Waals surface area contributed by atoms with Gasteiger partial charge in [0.25, 0.3) is 5.91 Å². The minimum atomic E-state index is -0.396. The molecule has 7 heteroatoms. The van der Waals surface area contributed by atoms with E-state index in [1.54, 1.807) is 12.3 Å². The number of aromatic nitrogens is 1. The Hall–Kier alpha value is -2.28. The van der Waals surface area contributed by atoms with Gasteiger partial charge in [-0.2, -0.15) is 0 Å². The van der Waals surface area contributed by atoms with Gasteiger partial charge in [0.15, 0.2) is 5.13 Å². The van der Waals surface area contributed by atoms with E-state index in [1.807, 2.05) is 0 Å². The van der Waals surface area contributed by atoms with E-state index < -0.39 is 11.8 Å². The first-order chi connectivity index (χ1) is 9.99. The molecule has 1 heterocycles. The smallest absolute Gasteiger partial charge is 0.311 e. The SMILES string of the molecule is COC(=O)Cc1csc(NC(=O)c2ccc(F)cc2C)n1. The van der Waals surface area contributed by atoms with Crippen molar-refractivity contribution in [1.29, 1.82) is 0 Å². The lowest BCUT2D eigenvalue weighted by Gasteiger charge is -2.05. The lowest BCUT2D eigenvalue weighted by Crippen LogP contribution is -2.13. The molecule has 0 aliphatic rings. The number of rotatable bonds is 4. The summed E-state index contributed by atoms with van der Waals surface area (Å²) in [6, 6.07) is 3.94. The van der Waals surface area contributed by atoms with Gasteiger partial charge in [-0.25, -0.2) is 9.37 Å². The molecular weight excluding hydrogens is 295 g/mol. The van der Waals surface area contributed by atoms with Crippen molar-refractivity contribution in [2.75, 3.05) is 12.4 Å². The first-order valence-corrected chi connectivity index (χ1v) is 6.96. The van der Waals surface area contributed by atoms with Crippen molar-refractivity contribution in [3.8, 4) is 0 Å². The summed E-state index contributed by atoms with van der Waals surface area (Å²) in [7, 11) is 1.30. The number of hydrogen-bond acceptors (Lipinski definition) is 5. The second-order valence-corrected chi connectivity index (χ2v) is 5.17. The van der Waals surface area contributed by atoms with E-state index in [1.165, 1.54) is 36.6 Å². The van der Waals surface area contributed by atoms with Gasteiger partial charge in [-0.05, 0) is 30.7 Å². The fraction of sp³-hybridized carbons (Fsp3) is 0.214. The number of halogens is 1. The Bertz CT molecular complexity index is 685. The number of nitrogens with one attached hydrogen (secondary N) is 1. The normalized spacial score (nSPS) is 10.2. The molecule has 1 amide bonds. The molecule has 0 radical (unpaired) electrons. The van der Waals surface area contributed by atoms with Crippen LogP contribution in [0.25, 0.3) is 0 Å². The number of nitrogens with zero attached hydrogens (tertiary/aromatic N) is 1. The minimum absolute atomic E-state index is 0.0540. The summed E-state index contributed by atoms with van der Waals surface area (Å²) in [5, 5.41) is 4.67. The molecule has 0 saturated heterocycles. The average molecular weight is 308 g/mol. The van der Waals surface area contributed by atoms with Crippen LogP contribution in [0, 0.1) is 12.7 Å². The summed E-state index contributed by atoms with van der Waals surface area (Å²) in [6.07, 6.45) is 0.0540. The van der Waals surface area contributed by atoms with Gasteiger partial charge in [0.05, 0.1) is 19.2 Å². The van der Waals surface area contributed by atoms with E-state index >= 15 is 0 Å². The molecule has 21 heavy (non-hydrogen) atoms. The zero-order chi connectivity index (χ0) is 15.4. The molecule has 0 atom stereocenters. The maximum absolute atomic E-state index is 13.0. The monoisotopic (exact) mass is 308 g/mol. The average Bonchev–Trinajstić information content (AvgIpc) is 2.85. The number of methoxy groups -OCH3 is 1. The Labute approximate surface area is 124 Å². The molecule has 1 aromatic heterocycles. The zero-order valence-electron chi connectivity index (χ0n) is 11.5. The third kappa shape index (κ3) is 3.85. The summed E-state index contributed by atoms with van der Waals surface area (Å²) in [5.74, 6) is -1.15. The molecule has 2 aromatic rings. The molecule has 5 nitrogen and oxygen atoms in total. The van der Waals surface area contributed by atoms with Crippen molar-refractivity contribution in [3.63, 3.8) is 0 Å². The van der Waals surface area contributed by atoms with E-state index in [4.69, 9.17) is 0 Å². The van der Waals surface area contributed by atoms with Crippen LogP contribution in [0.1, 0.15) is 21.6 Å². The number of hydrogen-bond donors (Lipinski definition) is 1. The molecule has 1 aromatic carbocycles. The van der Waals surface area contributed by atoms with Gasteiger partial charge in [-0.1, -0.05) is 0 Å². The van der Waals surface area contributed by atoms with Crippen LogP contribution in [0.4, 0.5) is 9.52 Å². The van der Waals surface area contributed by atoms with Crippen LogP contribution in [0.3, 0.4) is 0 Å². The largest absolute Gasteiger partial charge is 0.469 e. The predicted molar refractivity (Wildman–Crippen MR) is 76.9 cm³/mol. The lowest BCUT2D eigenvalue weighted by molar-refractivity contribution is -0.139. The quantitative estimate of drug-likeness (QED) is 0.881. The molecule has 0 aliphatic carbocycles. The topological polar surface area (TPSA) is 68.3 Å².